The molecule has 154 valence electrons. The van der Waals surface area contributed by atoms with Crippen molar-refractivity contribution in [3.05, 3.63) is 76.3 Å². The molecule has 0 fully saturated rings. The van der Waals surface area contributed by atoms with Gasteiger partial charge in [0.15, 0.2) is 17.2 Å². The summed E-state index contributed by atoms with van der Waals surface area (Å²) in [6.45, 7) is 1.89. The molecule has 30 heavy (non-hydrogen) atoms. The van der Waals surface area contributed by atoms with Crippen molar-refractivity contribution < 1.29 is 18.0 Å². The molecule has 1 aromatic carbocycles. The lowest BCUT2D eigenvalue weighted by Crippen LogP contribution is -2.16. The maximum atomic E-state index is 13.3. The largest absolute Gasteiger partial charge is 0.433 e. The predicted octanol–water partition coefficient (Wildman–Crippen LogP) is 4.21. The van der Waals surface area contributed by atoms with E-state index in [4.69, 9.17) is 11.6 Å². The Morgan fingerprint density at radius 1 is 1.17 bits per heavy atom. The van der Waals surface area contributed by atoms with Crippen LogP contribution in [0.3, 0.4) is 0 Å². The highest BCUT2D eigenvalue weighted by Crippen LogP contribution is 2.32. The number of nitrogens with one attached hydrogen (secondary N) is 1. The van der Waals surface area contributed by atoms with Crippen LogP contribution in [0.2, 0.25) is 5.02 Å². The van der Waals surface area contributed by atoms with Gasteiger partial charge in [-0.2, -0.15) is 23.4 Å². The van der Waals surface area contributed by atoms with Crippen molar-refractivity contribution in [1.82, 2.24) is 24.4 Å². The number of fused-ring (bicyclic) bond motifs is 1. The van der Waals surface area contributed by atoms with E-state index >= 15 is 0 Å². The second kappa shape index (κ2) is 7.45. The van der Waals surface area contributed by atoms with Crippen molar-refractivity contribution in [2.45, 2.75) is 19.6 Å². The molecular formula is C19H14ClF3N6O. The van der Waals surface area contributed by atoms with Gasteiger partial charge in [-0.05, 0) is 18.6 Å². The van der Waals surface area contributed by atoms with Gasteiger partial charge in [-0.3, -0.25) is 9.48 Å². The van der Waals surface area contributed by atoms with Gasteiger partial charge >= 0.3 is 6.18 Å². The van der Waals surface area contributed by atoms with Crippen LogP contribution in [0.5, 0.6) is 0 Å². The molecule has 0 aliphatic rings. The molecule has 3 aromatic heterocycles. The highest BCUT2D eigenvalue weighted by Gasteiger charge is 2.36. The summed E-state index contributed by atoms with van der Waals surface area (Å²) in [5, 5.41) is 10.2. The Kier molecular flexibility index (Phi) is 4.94. The minimum absolute atomic E-state index is 0.100. The van der Waals surface area contributed by atoms with Gasteiger partial charge < -0.3 is 5.32 Å². The first kappa shape index (κ1) is 19.9. The van der Waals surface area contributed by atoms with E-state index in [1.807, 2.05) is 30.3 Å². The molecule has 11 heteroatoms. The molecule has 0 spiro atoms. The molecule has 4 aromatic rings. The van der Waals surface area contributed by atoms with Crippen LogP contribution in [0.15, 0.2) is 48.7 Å². The number of amides is 1. The summed E-state index contributed by atoms with van der Waals surface area (Å²) in [4.78, 5) is 16.6. The average molecular weight is 435 g/mol. The minimum Gasteiger partial charge on any atom is -0.304 e. The summed E-state index contributed by atoms with van der Waals surface area (Å²) in [7, 11) is 0. The number of hydrogen-bond acceptors (Lipinski definition) is 4. The first-order valence-corrected chi connectivity index (χ1v) is 9.12. The Bertz CT molecular complexity index is 1230. The molecule has 1 N–H and O–H groups in total. The lowest BCUT2D eigenvalue weighted by atomic mass is 10.2. The molecule has 0 bridgehead atoms. The third-order valence-electron chi connectivity index (χ3n) is 4.24. The van der Waals surface area contributed by atoms with Crippen LogP contribution in [0.25, 0.3) is 5.65 Å². The fraction of sp³-hybridized carbons (Fsp3) is 0.158. The third-order valence-corrected chi connectivity index (χ3v) is 4.58. The van der Waals surface area contributed by atoms with Crippen LogP contribution in [-0.4, -0.2) is 30.3 Å². The zero-order valence-corrected chi connectivity index (χ0v) is 16.2. The number of aryl methyl sites for hydroxylation is 1. The molecule has 7 nitrogen and oxygen atoms in total. The van der Waals surface area contributed by atoms with Gasteiger partial charge in [-0.25, -0.2) is 9.50 Å². The number of hydrogen-bond donors (Lipinski definition) is 1. The fourth-order valence-electron chi connectivity index (χ4n) is 2.92. The second-order valence-electron chi connectivity index (χ2n) is 6.52. The molecule has 0 aliphatic carbocycles. The number of benzene rings is 1. The summed E-state index contributed by atoms with van der Waals surface area (Å²) < 4.78 is 42.1. The number of rotatable bonds is 4. The van der Waals surface area contributed by atoms with Gasteiger partial charge in [0.2, 0.25) is 0 Å². The van der Waals surface area contributed by atoms with Crippen molar-refractivity contribution in [3.63, 3.8) is 0 Å². The van der Waals surface area contributed by atoms with Gasteiger partial charge in [0.05, 0.1) is 6.54 Å². The van der Waals surface area contributed by atoms with Crippen LogP contribution in [-0.2, 0) is 12.7 Å². The highest BCUT2D eigenvalue weighted by molar-refractivity contribution is 6.37. The van der Waals surface area contributed by atoms with Gasteiger partial charge in [0.1, 0.15) is 10.7 Å². The molecular weight excluding hydrogens is 421 g/mol. The SMILES string of the molecule is Cc1cc(C(F)(F)F)n2nc(C(=O)Nc3ccn(Cc4ccccc4)n3)c(Cl)c2n1. The Morgan fingerprint density at radius 3 is 2.60 bits per heavy atom. The third kappa shape index (κ3) is 3.86. The number of carbonyl (C=O) groups excluding carboxylic acids is 1. The van der Waals surface area contributed by atoms with Crippen molar-refractivity contribution in [2.24, 2.45) is 0 Å². The summed E-state index contributed by atoms with van der Waals surface area (Å²) in [6, 6.07) is 12.0. The van der Waals surface area contributed by atoms with E-state index in [0.29, 0.717) is 11.1 Å². The Hall–Kier alpha value is -3.40. The number of anilines is 1. The van der Waals surface area contributed by atoms with Crippen LogP contribution >= 0.6 is 11.6 Å². The highest BCUT2D eigenvalue weighted by atomic mass is 35.5. The van der Waals surface area contributed by atoms with E-state index in [1.54, 1.807) is 16.9 Å². The molecule has 0 atom stereocenters. The van der Waals surface area contributed by atoms with E-state index in [0.717, 1.165) is 11.6 Å². The van der Waals surface area contributed by atoms with Gasteiger partial charge in [-0.15, -0.1) is 0 Å². The summed E-state index contributed by atoms with van der Waals surface area (Å²) in [6.07, 6.45) is -3.02. The Balaban J connectivity index is 1.61. The zero-order chi connectivity index (χ0) is 21.5. The quantitative estimate of drug-likeness (QED) is 0.522. The number of halogens is 4. The summed E-state index contributed by atoms with van der Waals surface area (Å²) >= 11 is 6.13. The fourth-order valence-corrected chi connectivity index (χ4v) is 3.17. The Labute approximate surface area is 173 Å². The standard InChI is InChI=1S/C19H14ClF3N6O/c1-11-9-13(19(21,22)23)29-17(24-11)15(20)16(27-29)18(30)25-14-7-8-28(26-14)10-12-5-3-2-4-6-12/h2-9H,10H2,1H3,(H,25,26,30). The van der Waals surface area contributed by atoms with E-state index in [2.05, 4.69) is 20.5 Å². The van der Waals surface area contributed by atoms with Crippen LogP contribution in [0, 0.1) is 6.92 Å². The molecule has 4 rings (SSSR count). The van der Waals surface area contributed by atoms with Crippen molar-refractivity contribution in [1.29, 1.82) is 0 Å². The molecule has 0 radical (unpaired) electrons. The maximum Gasteiger partial charge on any atom is 0.433 e. The molecule has 0 saturated heterocycles. The van der Waals surface area contributed by atoms with E-state index in [9.17, 15) is 18.0 Å². The molecule has 0 aliphatic heterocycles. The number of carbonyl (C=O) groups is 1. The normalized spacial score (nSPS) is 11.8. The maximum absolute atomic E-state index is 13.3. The van der Waals surface area contributed by atoms with Crippen LogP contribution in [0.4, 0.5) is 19.0 Å². The second-order valence-corrected chi connectivity index (χ2v) is 6.89. The van der Waals surface area contributed by atoms with E-state index in [-0.39, 0.29) is 27.9 Å². The molecule has 1 amide bonds. The van der Waals surface area contributed by atoms with E-state index in [1.165, 1.54) is 6.92 Å². The van der Waals surface area contributed by atoms with Gasteiger partial charge in [0, 0.05) is 18.0 Å². The first-order valence-electron chi connectivity index (χ1n) is 8.74. The average Bonchev–Trinajstić information content (AvgIpc) is 3.25. The van der Waals surface area contributed by atoms with Crippen molar-refractivity contribution >= 4 is 29.0 Å². The van der Waals surface area contributed by atoms with Crippen LogP contribution < -0.4 is 5.32 Å². The number of aromatic nitrogens is 5. The zero-order valence-electron chi connectivity index (χ0n) is 15.5. The predicted molar refractivity (Wildman–Crippen MR) is 103 cm³/mol. The topological polar surface area (TPSA) is 77.1 Å². The monoisotopic (exact) mass is 434 g/mol. The number of nitrogens with zero attached hydrogens (tertiary/aromatic N) is 5. The van der Waals surface area contributed by atoms with Crippen LogP contribution in [0.1, 0.15) is 27.4 Å². The summed E-state index contributed by atoms with van der Waals surface area (Å²) in [5.74, 6) is -0.578. The summed E-state index contributed by atoms with van der Waals surface area (Å²) in [5.41, 5.74) is -0.578. The van der Waals surface area contributed by atoms with Crippen molar-refractivity contribution in [2.75, 3.05) is 5.32 Å². The molecule has 3 heterocycles. The van der Waals surface area contributed by atoms with E-state index < -0.39 is 17.8 Å². The van der Waals surface area contributed by atoms with Gasteiger partial charge in [0.25, 0.3) is 5.91 Å². The van der Waals surface area contributed by atoms with Crippen molar-refractivity contribution in [3.8, 4) is 0 Å². The Morgan fingerprint density at radius 2 is 1.90 bits per heavy atom. The smallest absolute Gasteiger partial charge is 0.304 e. The molecule has 0 unspecified atom stereocenters. The first-order chi connectivity index (χ1) is 14.2. The van der Waals surface area contributed by atoms with Gasteiger partial charge in [-0.1, -0.05) is 41.9 Å². The minimum atomic E-state index is -4.69. The number of alkyl halides is 3. The molecule has 0 saturated carbocycles. The lowest BCUT2D eigenvalue weighted by molar-refractivity contribution is -0.142. The lowest BCUT2D eigenvalue weighted by Gasteiger charge is -2.09.